The van der Waals surface area contributed by atoms with E-state index in [0.717, 1.165) is 31.9 Å². The van der Waals surface area contributed by atoms with Crippen LogP contribution in [0.3, 0.4) is 0 Å². The Hall–Kier alpha value is -1.78. The van der Waals surface area contributed by atoms with Crippen molar-refractivity contribution < 1.29 is 31.5 Å². The monoisotopic (exact) mass is 460 g/mol. The third-order valence-corrected chi connectivity index (χ3v) is 6.66. The molecule has 0 radical (unpaired) electrons. The van der Waals surface area contributed by atoms with E-state index in [-0.39, 0.29) is 19.3 Å². The zero-order chi connectivity index (χ0) is 22.4. The number of halogens is 2. The quantitative estimate of drug-likeness (QED) is 0.644. The molecule has 10 heteroatoms. The van der Waals surface area contributed by atoms with Gasteiger partial charge in [-0.05, 0) is 43.6 Å². The van der Waals surface area contributed by atoms with Crippen LogP contribution in [0.2, 0.25) is 0 Å². The summed E-state index contributed by atoms with van der Waals surface area (Å²) in [6.45, 7) is -0.655. The maximum Gasteiger partial charge on any atom is 0.410 e. The molecule has 174 valence electrons. The van der Waals surface area contributed by atoms with Gasteiger partial charge in [-0.15, -0.1) is 0 Å². The minimum absolute atomic E-state index is 0.0124. The molecule has 1 amide bonds. The van der Waals surface area contributed by atoms with Crippen molar-refractivity contribution in [3.05, 3.63) is 35.9 Å². The molecule has 1 aliphatic heterocycles. The van der Waals surface area contributed by atoms with Gasteiger partial charge in [-0.1, -0.05) is 30.3 Å². The van der Waals surface area contributed by atoms with Crippen LogP contribution in [0.5, 0.6) is 0 Å². The predicted molar refractivity (Wildman–Crippen MR) is 112 cm³/mol. The maximum atomic E-state index is 12.4. The smallest absolute Gasteiger partial charge is 0.410 e. The highest BCUT2D eigenvalue weighted by molar-refractivity contribution is 7.88. The van der Waals surface area contributed by atoms with E-state index >= 15 is 0 Å². The van der Waals surface area contributed by atoms with Gasteiger partial charge in [-0.2, -0.15) is 0 Å². The number of nitrogens with zero attached hydrogens (tertiary/aromatic N) is 1. The molecule has 3 rings (SSSR count). The average Bonchev–Trinajstić information content (AvgIpc) is 3.12. The Labute approximate surface area is 182 Å². The van der Waals surface area contributed by atoms with Gasteiger partial charge in [0.25, 0.3) is 6.43 Å². The number of hydrogen-bond donors (Lipinski definition) is 1. The number of carbonyl (C=O) groups excluding carboxylic acids is 1. The first-order valence-electron chi connectivity index (χ1n) is 10.6. The van der Waals surface area contributed by atoms with Crippen molar-refractivity contribution in [3.8, 4) is 0 Å². The van der Waals surface area contributed by atoms with Crippen LogP contribution < -0.4 is 4.72 Å². The van der Waals surface area contributed by atoms with Gasteiger partial charge in [0, 0.05) is 12.6 Å². The number of hydrogen-bond acceptors (Lipinski definition) is 5. The van der Waals surface area contributed by atoms with Crippen LogP contribution in [0.1, 0.15) is 43.6 Å². The van der Waals surface area contributed by atoms with Crippen LogP contribution in [0.25, 0.3) is 0 Å². The Morgan fingerprint density at radius 2 is 1.84 bits per heavy atom. The average molecular weight is 461 g/mol. The highest BCUT2D eigenvalue weighted by atomic mass is 32.2. The summed E-state index contributed by atoms with van der Waals surface area (Å²) in [7, 11) is -3.50. The number of ether oxygens (including phenoxy) is 2. The molecule has 1 aliphatic carbocycles. The lowest BCUT2D eigenvalue weighted by Crippen LogP contribution is -2.49. The van der Waals surface area contributed by atoms with E-state index < -0.39 is 41.2 Å². The first-order chi connectivity index (χ1) is 14.7. The van der Waals surface area contributed by atoms with Gasteiger partial charge in [0.2, 0.25) is 10.0 Å². The summed E-state index contributed by atoms with van der Waals surface area (Å²) in [5.41, 5.74) is 1.32. The van der Waals surface area contributed by atoms with E-state index in [1.54, 1.807) is 0 Å². The first-order valence-corrected chi connectivity index (χ1v) is 12.5. The van der Waals surface area contributed by atoms with Crippen LogP contribution >= 0.6 is 0 Å². The van der Waals surface area contributed by atoms with Gasteiger partial charge in [-0.25, -0.2) is 26.7 Å². The molecule has 1 saturated heterocycles. The molecule has 0 aromatic heterocycles. The Kier molecular flexibility index (Phi) is 8.23. The number of nitrogens with one attached hydrogen (secondary N) is 1. The Balaban J connectivity index is 1.56. The van der Waals surface area contributed by atoms with Crippen molar-refractivity contribution in [2.45, 2.75) is 62.6 Å². The second-order valence-corrected chi connectivity index (χ2v) is 10.0. The highest BCUT2D eigenvalue weighted by Crippen LogP contribution is 2.34. The molecule has 2 atom stereocenters. The Morgan fingerprint density at radius 1 is 1.16 bits per heavy atom. The van der Waals surface area contributed by atoms with Crippen molar-refractivity contribution in [2.75, 3.05) is 26.0 Å². The summed E-state index contributed by atoms with van der Waals surface area (Å²) in [6.07, 6.45) is 1.51. The lowest BCUT2D eigenvalue weighted by Gasteiger charge is -2.32. The van der Waals surface area contributed by atoms with Crippen LogP contribution in [0.15, 0.2) is 30.3 Å². The zero-order valence-corrected chi connectivity index (χ0v) is 18.4. The zero-order valence-electron chi connectivity index (χ0n) is 17.6. The van der Waals surface area contributed by atoms with Gasteiger partial charge in [-0.3, -0.25) is 0 Å². The van der Waals surface area contributed by atoms with E-state index in [0.29, 0.717) is 12.3 Å². The molecule has 1 unspecified atom stereocenters. The lowest BCUT2D eigenvalue weighted by atomic mass is 9.83. The molecule has 0 bridgehead atoms. The van der Waals surface area contributed by atoms with Gasteiger partial charge >= 0.3 is 6.09 Å². The maximum absolute atomic E-state index is 12.4. The first kappa shape index (κ1) is 23.9. The highest BCUT2D eigenvalue weighted by Gasteiger charge is 2.40. The Bertz CT molecular complexity index is 816. The molecule has 1 aromatic carbocycles. The summed E-state index contributed by atoms with van der Waals surface area (Å²) >= 11 is 0. The standard InChI is InChI=1S/C21H30F2N2O5S/c1-31(27,28)24-18-11-12-25(21(26)30-14-20(22)23)19(18)13-29-17-9-7-16(8-10-17)15-5-3-2-4-6-15/h2-6,16-20,24H,7-14H2,1H3/t16?,17?,18?,19-/m0/s1. The second kappa shape index (κ2) is 10.7. The largest absolute Gasteiger partial charge is 0.443 e. The molecule has 2 aliphatic rings. The van der Waals surface area contributed by atoms with Gasteiger partial charge in [0.1, 0.15) is 0 Å². The molecule has 1 N–H and O–H groups in total. The van der Waals surface area contributed by atoms with E-state index in [2.05, 4.69) is 21.6 Å². The topological polar surface area (TPSA) is 84.9 Å². The number of carbonyl (C=O) groups is 1. The number of likely N-dealkylation sites (tertiary alicyclic amines) is 1. The third-order valence-electron chi connectivity index (χ3n) is 5.93. The fourth-order valence-electron chi connectivity index (χ4n) is 4.44. The van der Waals surface area contributed by atoms with E-state index in [9.17, 15) is 22.0 Å². The van der Waals surface area contributed by atoms with Crippen molar-refractivity contribution >= 4 is 16.1 Å². The van der Waals surface area contributed by atoms with Crippen LogP contribution in [0, 0.1) is 0 Å². The molecule has 1 aromatic rings. The summed E-state index contributed by atoms with van der Waals surface area (Å²) in [5, 5.41) is 0. The van der Waals surface area contributed by atoms with E-state index in [4.69, 9.17) is 4.74 Å². The van der Waals surface area contributed by atoms with Crippen molar-refractivity contribution in [1.82, 2.24) is 9.62 Å². The molecule has 1 saturated carbocycles. The molecule has 31 heavy (non-hydrogen) atoms. The Morgan fingerprint density at radius 3 is 2.45 bits per heavy atom. The lowest BCUT2D eigenvalue weighted by molar-refractivity contribution is -0.0129. The molecule has 2 fully saturated rings. The molecule has 0 spiro atoms. The van der Waals surface area contributed by atoms with Gasteiger partial charge in [0.15, 0.2) is 6.61 Å². The van der Waals surface area contributed by atoms with E-state index in [1.807, 2.05) is 18.2 Å². The normalized spacial score (nSPS) is 26.9. The number of alkyl halides is 2. The molecular formula is C21H30F2N2O5S. The summed E-state index contributed by atoms with van der Waals surface area (Å²) in [5.74, 6) is 0.494. The number of sulfonamides is 1. The fourth-order valence-corrected chi connectivity index (χ4v) is 5.26. The van der Waals surface area contributed by atoms with Crippen LogP contribution in [-0.2, 0) is 19.5 Å². The summed E-state index contributed by atoms with van der Waals surface area (Å²) < 4.78 is 61.5. The third kappa shape index (κ3) is 7.11. The van der Waals surface area contributed by atoms with Gasteiger partial charge < -0.3 is 14.4 Å². The van der Waals surface area contributed by atoms with Crippen LogP contribution in [-0.4, -0.2) is 70.0 Å². The van der Waals surface area contributed by atoms with E-state index in [1.165, 1.54) is 10.5 Å². The fraction of sp³-hybridized carbons (Fsp3) is 0.667. The van der Waals surface area contributed by atoms with Crippen molar-refractivity contribution in [3.63, 3.8) is 0 Å². The predicted octanol–water partition coefficient (Wildman–Crippen LogP) is 3.12. The van der Waals surface area contributed by atoms with Crippen molar-refractivity contribution in [1.29, 1.82) is 0 Å². The summed E-state index contributed by atoms with van der Waals surface area (Å²) in [4.78, 5) is 13.6. The summed E-state index contributed by atoms with van der Waals surface area (Å²) in [6, 6.07) is 9.19. The number of benzene rings is 1. The van der Waals surface area contributed by atoms with Crippen LogP contribution in [0.4, 0.5) is 13.6 Å². The minimum Gasteiger partial charge on any atom is -0.443 e. The SMILES string of the molecule is CS(=O)(=O)NC1CCN(C(=O)OCC(F)F)[C@H]1COC1CCC(c2ccccc2)CC1. The minimum atomic E-state index is -3.50. The molecule has 7 nitrogen and oxygen atoms in total. The molecule has 1 heterocycles. The van der Waals surface area contributed by atoms with Crippen molar-refractivity contribution in [2.24, 2.45) is 0 Å². The number of rotatable bonds is 8. The number of amides is 1. The molecular weight excluding hydrogens is 430 g/mol. The second-order valence-electron chi connectivity index (χ2n) is 8.23. The van der Waals surface area contributed by atoms with Gasteiger partial charge in [0.05, 0.1) is 25.0 Å².